The Morgan fingerprint density at radius 1 is 1.16 bits per heavy atom. The van der Waals surface area contributed by atoms with Crippen LogP contribution in [0.15, 0.2) is 42.5 Å². The number of halogens is 2. The molecule has 5 N–H and O–H groups in total. The molecule has 0 bridgehead atoms. The summed E-state index contributed by atoms with van der Waals surface area (Å²) in [6.45, 7) is 0.340. The van der Waals surface area contributed by atoms with E-state index in [1.807, 2.05) is 12.1 Å². The maximum Gasteiger partial charge on any atom is 0.231 e. The molecule has 1 saturated carbocycles. The molecule has 1 aliphatic carbocycles. The van der Waals surface area contributed by atoms with Crippen molar-refractivity contribution in [1.82, 2.24) is 19.7 Å². The molecule has 1 fully saturated rings. The van der Waals surface area contributed by atoms with Crippen molar-refractivity contribution in [2.75, 3.05) is 22.8 Å². The molecule has 5 aromatic rings. The van der Waals surface area contributed by atoms with Crippen LogP contribution in [0.4, 0.5) is 19.7 Å². The van der Waals surface area contributed by atoms with Crippen LogP contribution in [-0.2, 0) is 28.3 Å². The fourth-order valence-electron chi connectivity index (χ4n) is 5.37. The number of aliphatic hydroxyl groups is 1. The number of sulfonamides is 1. The highest BCUT2D eigenvalue weighted by Crippen LogP contribution is 2.41. The van der Waals surface area contributed by atoms with Gasteiger partial charge >= 0.3 is 0 Å². The van der Waals surface area contributed by atoms with Gasteiger partial charge in [-0.3, -0.25) is 14.2 Å². The summed E-state index contributed by atoms with van der Waals surface area (Å²) in [5.41, 5.74) is 7.87. The molecule has 3 aromatic heterocycles. The summed E-state index contributed by atoms with van der Waals surface area (Å²) in [5, 5.41) is 18.9. The number of aryl methyl sites for hydroxylation is 1. The summed E-state index contributed by atoms with van der Waals surface area (Å²) in [5.74, 6) is -2.68. The Labute approximate surface area is 255 Å². The quantitative estimate of drug-likeness (QED) is 0.168. The van der Waals surface area contributed by atoms with Gasteiger partial charge in [0.2, 0.25) is 15.9 Å². The second kappa shape index (κ2) is 11.1. The van der Waals surface area contributed by atoms with E-state index in [2.05, 4.69) is 20.1 Å². The molecule has 6 rings (SSSR count). The molecule has 1 amide bonds. The largest absolute Gasteiger partial charge is 0.388 e. The number of primary amides is 1. The number of hydrogen-bond donors (Lipinski definition) is 4. The summed E-state index contributed by atoms with van der Waals surface area (Å²) < 4.78 is 57.1. The van der Waals surface area contributed by atoms with Crippen LogP contribution in [0.1, 0.15) is 36.4 Å². The van der Waals surface area contributed by atoms with E-state index in [0.29, 0.717) is 68.2 Å². The molecule has 11 nitrogen and oxygen atoms in total. The summed E-state index contributed by atoms with van der Waals surface area (Å²) in [7, 11) is -1.95. The van der Waals surface area contributed by atoms with Crippen molar-refractivity contribution in [3.8, 4) is 11.1 Å². The zero-order valence-corrected chi connectivity index (χ0v) is 25.4. The van der Waals surface area contributed by atoms with Crippen LogP contribution < -0.4 is 15.8 Å². The standard InChI is InChI=1S/C29H29F2N7O4S2/c1-38-25-19(4-3-5-20(25)26(36-38)37-44(2,41)42)21-13-22-27(35-28(43-22)33-14-29(40)6-7-29)34-24(21)16(11-23(32)39)8-15-9-17(30)12-18(31)10-15/h3-5,9-10,12-13,16,40H,6-8,11,14H2,1-2H3,(H2,32,39)(H,36,37)(H,33,34,35)/t16-/m0/s1. The Bertz CT molecular complexity index is 2020. The first-order chi connectivity index (χ1) is 20.8. The number of thiazole rings is 1. The predicted octanol–water partition coefficient (Wildman–Crippen LogP) is 4.03. The number of carbonyl (C=O) groups is 1. The first kappa shape index (κ1) is 29.8. The van der Waals surface area contributed by atoms with Gasteiger partial charge in [0.15, 0.2) is 16.6 Å². The predicted molar refractivity (Wildman–Crippen MR) is 165 cm³/mol. The van der Waals surface area contributed by atoms with Crippen LogP contribution in [0.25, 0.3) is 32.4 Å². The van der Waals surface area contributed by atoms with Crippen LogP contribution in [0.5, 0.6) is 0 Å². The first-order valence-corrected chi connectivity index (χ1v) is 16.4. The minimum atomic E-state index is -3.63. The lowest BCUT2D eigenvalue weighted by atomic mass is 9.87. The van der Waals surface area contributed by atoms with Crippen LogP contribution in [0.3, 0.4) is 0 Å². The van der Waals surface area contributed by atoms with Gasteiger partial charge < -0.3 is 16.2 Å². The lowest BCUT2D eigenvalue weighted by Crippen LogP contribution is -2.20. The highest BCUT2D eigenvalue weighted by atomic mass is 32.2. The molecule has 15 heteroatoms. The smallest absolute Gasteiger partial charge is 0.231 e. The van der Waals surface area contributed by atoms with E-state index in [1.54, 1.807) is 23.9 Å². The number of pyridine rings is 1. The minimum Gasteiger partial charge on any atom is -0.388 e. The number of para-hydroxylation sites is 1. The number of nitrogens with one attached hydrogen (secondary N) is 2. The molecule has 3 heterocycles. The van der Waals surface area contributed by atoms with E-state index < -0.39 is 39.1 Å². The maximum absolute atomic E-state index is 14.2. The molecular formula is C29H29F2N7O4S2. The third-order valence-electron chi connectivity index (χ3n) is 7.48. The van der Waals surface area contributed by atoms with Crippen molar-refractivity contribution in [2.24, 2.45) is 12.8 Å². The summed E-state index contributed by atoms with van der Waals surface area (Å²) in [6.07, 6.45) is 2.33. The summed E-state index contributed by atoms with van der Waals surface area (Å²) in [6, 6.07) is 10.4. The van der Waals surface area contributed by atoms with Crippen molar-refractivity contribution in [3.63, 3.8) is 0 Å². The van der Waals surface area contributed by atoms with E-state index in [9.17, 15) is 27.1 Å². The third-order valence-corrected chi connectivity index (χ3v) is 9.00. The second-order valence-electron chi connectivity index (χ2n) is 11.2. The van der Waals surface area contributed by atoms with Crippen molar-refractivity contribution < 1.29 is 27.1 Å². The Kier molecular flexibility index (Phi) is 7.50. The number of aromatic nitrogens is 4. The topological polar surface area (TPSA) is 165 Å². The van der Waals surface area contributed by atoms with E-state index in [1.165, 1.54) is 23.5 Å². The molecule has 2 aromatic carbocycles. The van der Waals surface area contributed by atoms with Gasteiger partial charge in [-0.15, -0.1) is 0 Å². The molecule has 0 saturated heterocycles. The fraction of sp³-hybridized carbons (Fsp3) is 0.310. The molecule has 230 valence electrons. The van der Waals surface area contributed by atoms with Crippen molar-refractivity contribution in [2.45, 2.75) is 37.2 Å². The third kappa shape index (κ3) is 6.34. The van der Waals surface area contributed by atoms with Crippen molar-refractivity contribution >= 4 is 59.5 Å². The first-order valence-electron chi connectivity index (χ1n) is 13.7. The molecule has 0 aliphatic heterocycles. The van der Waals surface area contributed by atoms with Gasteiger partial charge in [-0.05, 0) is 49.1 Å². The zero-order chi connectivity index (χ0) is 31.4. The SMILES string of the molecule is Cn1nc(NS(C)(=O)=O)c2cccc(-c3cc4sc(NCC5(O)CC5)nc4nc3[C@H](CC(N)=O)Cc3cc(F)cc(F)c3)c21. The van der Waals surface area contributed by atoms with Crippen molar-refractivity contribution in [3.05, 3.63) is 65.4 Å². The number of fused-ring (bicyclic) bond motifs is 2. The second-order valence-corrected chi connectivity index (χ2v) is 14.0. The van der Waals surface area contributed by atoms with E-state index in [0.717, 1.165) is 12.3 Å². The van der Waals surface area contributed by atoms with Gasteiger partial charge in [-0.1, -0.05) is 23.5 Å². The van der Waals surface area contributed by atoms with Crippen molar-refractivity contribution in [1.29, 1.82) is 0 Å². The highest BCUT2D eigenvalue weighted by molar-refractivity contribution is 7.92. The molecule has 0 spiro atoms. The summed E-state index contributed by atoms with van der Waals surface area (Å²) in [4.78, 5) is 21.8. The Morgan fingerprint density at radius 2 is 1.89 bits per heavy atom. The Balaban J connectivity index is 1.54. The zero-order valence-electron chi connectivity index (χ0n) is 23.8. The van der Waals surface area contributed by atoms with E-state index in [4.69, 9.17) is 10.7 Å². The molecule has 0 radical (unpaired) electrons. The Hall–Kier alpha value is -4.21. The fourth-order valence-corrected chi connectivity index (χ4v) is 6.71. The number of rotatable bonds is 11. The lowest BCUT2D eigenvalue weighted by molar-refractivity contribution is -0.118. The molecular weight excluding hydrogens is 612 g/mol. The number of nitrogens with zero attached hydrogens (tertiary/aromatic N) is 4. The molecule has 44 heavy (non-hydrogen) atoms. The van der Waals surface area contributed by atoms with E-state index >= 15 is 0 Å². The number of hydrogen-bond acceptors (Lipinski definition) is 9. The van der Waals surface area contributed by atoms with E-state index in [-0.39, 0.29) is 18.7 Å². The highest BCUT2D eigenvalue weighted by Gasteiger charge is 2.40. The molecule has 0 unspecified atom stereocenters. The maximum atomic E-state index is 14.2. The number of nitrogens with two attached hydrogens (primary N) is 1. The van der Waals surface area contributed by atoms with Gasteiger partial charge in [0.05, 0.1) is 27.8 Å². The average molecular weight is 642 g/mol. The van der Waals surface area contributed by atoms with Crippen LogP contribution >= 0.6 is 11.3 Å². The van der Waals surface area contributed by atoms with Crippen LogP contribution in [0.2, 0.25) is 0 Å². The number of carbonyl (C=O) groups excluding carboxylic acids is 1. The number of benzene rings is 2. The van der Waals surface area contributed by atoms with Gasteiger partial charge in [-0.2, -0.15) is 5.10 Å². The van der Waals surface area contributed by atoms with Crippen LogP contribution in [0, 0.1) is 11.6 Å². The number of anilines is 2. The average Bonchev–Trinajstić information content (AvgIpc) is 3.39. The Morgan fingerprint density at radius 3 is 2.55 bits per heavy atom. The molecule has 1 aliphatic rings. The van der Waals surface area contributed by atoms with Gasteiger partial charge in [0.25, 0.3) is 0 Å². The number of amides is 1. The summed E-state index contributed by atoms with van der Waals surface area (Å²) >= 11 is 1.34. The lowest BCUT2D eigenvalue weighted by Gasteiger charge is -2.20. The monoisotopic (exact) mass is 641 g/mol. The van der Waals surface area contributed by atoms with Crippen LogP contribution in [-0.4, -0.2) is 57.6 Å². The molecule has 1 atom stereocenters. The van der Waals surface area contributed by atoms with Gasteiger partial charge in [-0.25, -0.2) is 27.2 Å². The minimum absolute atomic E-state index is 0.0493. The van der Waals surface area contributed by atoms with Gasteiger partial charge in [0, 0.05) is 48.5 Å². The normalized spacial score (nSPS) is 15.0. The van der Waals surface area contributed by atoms with Gasteiger partial charge in [0.1, 0.15) is 11.6 Å².